The van der Waals surface area contributed by atoms with E-state index in [0.717, 1.165) is 12.0 Å². The van der Waals surface area contributed by atoms with Crippen LogP contribution in [0.2, 0.25) is 0 Å². The van der Waals surface area contributed by atoms with E-state index in [2.05, 4.69) is 18.3 Å². The molecule has 19 heavy (non-hydrogen) atoms. The molecule has 0 aliphatic carbocycles. The maximum Gasteiger partial charge on any atom is 0.251 e. The van der Waals surface area contributed by atoms with Crippen molar-refractivity contribution in [1.82, 2.24) is 5.32 Å². The number of hydrogen-bond acceptors (Lipinski definition) is 1. The minimum Gasteiger partial charge on any atom is -0.350 e. The van der Waals surface area contributed by atoms with Gasteiger partial charge < -0.3 is 5.32 Å². The summed E-state index contributed by atoms with van der Waals surface area (Å²) >= 11 is 0. The summed E-state index contributed by atoms with van der Waals surface area (Å²) in [6, 6.07) is 8.20. The van der Waals surface area contributed by atoms with E-state index < -0.39 is 0 Å². The highest BCUT2D eigenvalue weighted by atomic mass is 16.1. The van der Waals surface area contributed by atoms with E-state index in [1.807, 2.05) is 32.0 Å². The molecule has 2 heteroatoms. The highest BCUT2D eigenvalue weighted by Gasteiger charge is 2.07. The molecular weight excluding hydrogens is 234 g/mol. The zero-order chi connectivity index (χ0) is 14.1. The number of rotatable bonds is 8. The Bertz CT molecular complexity index is 385. The van der Waals surface area contributed by atoms with E-state index >= 15 is 0 Å². The molecule has 0 saturated carbocycles. The molecule has 1 rings (SSSR count). The van der Waals surface area contributed by atoms with E-state index in [1.54, 1.807) is 0 Å². The average Bonchev–Trinajstić information content (AvgIpc) is 2.38. The first-order chi connectivity index (χ1) is 9.13. The molecule has 1 aromatic carbocycles. The van der Waals surface area contributed by atoms with Crippen molar-refractivity contribution in [1.29, 1.82) is 0 Å². The molecule has 0 saturated heterocycles. The van der Waals surface area contributed by atoms with E-state index in [1.165, 1.54) is 37.7 Å². The van der Waals surface area contributed by atoms with Gasteiger partial charge in [-0.25, -0.2) is 0 Å². The predicted octanol–water partition coefficient (Wildman–Crippen LogP) is 4.34. The summed E-state index contributed by atoms with van der Waals surface area (Å²) in [6.07, 6.45) is 7.52. The minimum atomic E-state index is 0.0304. The predicted molar refractivity (Wildman–Crippen MR) is 81.5 cm³/mol. The first kappa shape index (κ1) is 15.7. The summed E-state index contributed by atoms with van der Waals surface area (Å²) in [6.45, 7) is 6.20. The van der Waals surface area contributed by atoms with Crippen LogP contribution in [0.25, 0.3) is 0 Å². The van der Waals surface area contributed by atoms with Gasteiger partial charge in [0.1, 0.15) is 0 Å². The molecular formula is C17H27NO. The fourth-order valence-electron chi connectivity index (χ4n) is 2.15. The van der Waals surface area contributed by atoms with Crippen LogP contribution in [0.5, 0.6) is 0 Å². The summed E-state index contributed by atoms with van der Waals surface area (Å²) in [7, 11) is 0. The molecule has 1 N–H and O–H groups in total. The highest BCUT2D eigenvalue weighted by molar-refractivity contribution is 5.94. The molecule has 0 radical (unpaired) electrons. The second kappa shape index (κ2) is 8.73. The molecule has 0 atom stereocenters. The van der Waals surface area contributed by atoms with Crippen LogP contribution in [0, 0.1) is 0 Å². The summed E-state index contributed by atoms with van der Waals surface area (Å²) in [5, 5.41) is 2.93. The van der Waals surface area contributed by atoms with Gasteiger partial charge in [-0.1, -0.05) is 44.7 Å². The molecule has 0 aliphatic rings. The van der Waals surface area contributed by atoms with E-state index in [-0.39, 0.29) is 11.9 Å². The van der Waals surface area contributed by atoms with Crippen LogP contribution in [0.15, 0.2) is 24.3 Å². The Morgan fingerprint density at radius 2 is 1.89 bits per heavy atom. The SMILES string of the molecule is CCCCCCCc1cccc(C(=O)NC(C)C)c1. The van der Waals surface area contributed by atoms with Gasteiger partial charge in [0.05, 0.1) is 0 Å². The van der Waals surface area contributed by atoms with E-state index in [4.69, 9.17) is 0 Å². The quantitative estimate of drug-likeness (QED) is 0.693. The molecule has 1 amide bonds. The number of nitrogens with one attached hydrogen (secondary N) is 1. The third-order valence-electron chi connectivity index (χ3n) is 3.18. The third-order valence-corrected chi connectivity index (χ3v) is 3.18. The van der Waals surface area contributed by atoms with Crippen molar-refractivity contribution in [2.24, 2.45) is 0 Å². The number of amides is 1. The second-order valence-corrected chi connectivity index (χ2v) is 5.49. The van der Waals surface area contributed by atoms with Crippen molar-refractivity contribution in [3.05, 3.63) is 35.4 Å². The zero-order valence-corrected chi connectivity index (χ0v) is 12.5. The van der Waals surface area contributed by atoms with Gasteiger partial charge >= 0.3 is 0 Å². The van der Waals surface area contributed by atoms with Gasteiger partial charge in [-0.05, 0) is 44.4 Å². The van der Waals surface area contributed by atoms with Crippen LogP contribution in [-0.2, 0) is 6.42 Å². The molecule has 0 spiro atoms. The number of benzene rings is 1. The second-order valence-electron chi connectivity index (χ2n) is 5.49. The van der Waals surface area contributed by atoms with Crippen molar-refractivity contribution in [3.8, 4) is 0 Å². The lowest BCUT2D eigenvalue weighted by Crippen LogP contribution is -2.30. The van der Waals surface area contributed by atoms with Gasteiger partial charge in [0, 0.05) is 11.6 Å². The maximum absolute atomic E-state index is 11.9. The first-order valence-corrected chi connectivity index (χ1v) is 7.53. The topological polar surface area (TPSA) is 29.1 Å². The van der Waals surface area contributed by atoms with Crippen molar-refractivity contribution < 1.29 is 4.79 Å². The molecule has 106 valence electrons. The Kier molecular flexibility index (Phi) is 7.24. The van der Waals surface area contributed by atoms with E-state index in [0.29, 0.717) is 0 Å². The van der Waals surface area contributed by atoms with Crippen LogP contribution in [0.3, 0.4) is 0 Å². The summed E-state index contributed by atoms with van der Waals surface area (Å²) in [5.41, 5.74) is 2.05. The number of hydrogen-bond donors (Lipinski definition) is 1. The fourth-order valence-corrected chi connectivity index (χ4v) is 2.15. The maximum atomic E-state index is 11.9. The Balaban J connectivity index is 2.45. The number of unbranched alkanes of at least 4 members (excludes halogenated alkanes) is 4. The lowest BCUT2D eigenvalue weighted by Gasteiger charge is -2.09. The average molecular weight is 261 g/mol. The number of carbonyl (C=O) groups is 1. The van der Waals surface area contributed by atoms with Gasteiger partial charge in [0.2, 0.25) is 0 Å². The molecule has 0 heterocycles. The molecule has 0 aliphatic heterocycles. The smallest absolute Gasteiger partial charge is 0.251 e. The van der Waals surface area contributed by atoms with Crippen LogP contribution in [0.4, 0.5) is 0 Å². The van der Waals surface area contributed by atoms with Gasteiger partial charge in [-0.2, -0.15) is 0 Å². The molecule has 2 nitrogen and oxygen atoms in total. The molecule has 1 aromatic rings. The van der Waals surface area contributed by atoms with Crippen LogP contribution in [-0.4, -0.2) is 11.9 Å². The standard InChI is InChI=1S/C17H27NO/c1-4-5-6-7-8-10-15-11-9-12-16(13-15)17(19)18-14(2)3/h9,11-14H,4-8,10H2,1-3H3,(H,18,19). The normalized spacial score (nSPS) is 10.7. The van der Waals surface area contributed by atoms with Crippen LogP contribution >= 0.6 is 0 Å². The third kappa shape index (κ3) is 6.42. The summed E-state index contributed by atoms with van der Waals surface area (Å²) in [4.78, 5) is 11.9. The van der Waals surface area contributed by atoms with Crippen molar-refractivity contribution in [3.63, 3.8) is 0 Å². The monoisotopic (exact) mass is 261 g/mol. The van der Waals surface area contributed by atoms with Crippen LogP contribution in [0.1, 0.15) is 68.8 Å². The van der Waals surface area contributed by atoms with Gasteiger partial charge in [0.15, 0.2) is 0 Å². The Morgan fingerprint density at radius 3 is 2.58 bits per heavy atom. The number of aryl methyl sites for hydroxylation is 1. The summed E-state index contributed by atoms with van der Waals surface area (Å²) < 4.78 is 0. The largest absolute Gasteiger partial charge is 0.350 e. The number of carbonyl (C=O) groups excluding carboxylic acids is 1. The molecule has 0 aromatic heterocycles. The summed E-state index contributed by atoms with van der Waals surface area (Å²) in [5.74, 6) is 0.0304. The lowest BCUT2D eigenvalue weighted by molar-refractivity contribution is 0.0943. The zero-order valence-electron chi connectivity index (χ0n) is 12.5. The van der Waals surface area contributed by atoms with Crippen molar-refractivity contribution in [2.45, 2.75) is 65.3 Å². The Hall–Kier alpha value is -1.31. The lowest BCUT2D eigenvalue weighted by atomic mass is 10.0. The molecule has 0 bridgehead atoms. The van der Waals surface area contributed by atoms with Crippen molar-refractivity contribution >= 4 is 5.91 Å². The Morgan fingerprint density at radius 1 is 1.16 bits per heavy atom. The molecule has 0 fully saturated rings. The van der Waals surface area contributed by atoms with Gasteiger partial charge in [0.25, 0.3) is 5.91 Å². The van der Waals surface area contributed by atoms with Crippen molar-refractivity contribution in [2.75, 3.05) is 0 Å². The van der Waals surface area contributed by atoms with Gasteiger partial charge in [-0.3, -0.25) is 4.79 Å². The first-order valence-electron chi connectivity index (χ1n) is 7.53. The van der Waals surface area contributed by atoms with E-state index in [9.17, 15) is 4.79 Å². The minimum absolute atomic E-state index is 0.0304. The Labute approximate surface area is 117 Å². The fraction of sp³-hybridized carbons (Fsp3) is 0.588. The van der Waals surface area contributed by atoms with Crippen LogP contribution < -0.4 is 5.32 Å². The van der Waals surface area contributed by atoms with Gasteiger partial charge in [-0.15, -0.1) is 0 Å². The highest BCUT2D eigenvalue weighted by Crippen LogP contribution is 2.11. The molecule has 0 unspecified atom stereocenters.